The molecule has 81 heavy (non-hydrogen) atoms. The number of benzene rings is 2. The van der Waals surface area contributed by atoms with Gasteiger partial charge in [0.2, 0.25) is 53.2 Å². The molecule has 29 heteroatoms. The molecule has 29 nitrogen and oxygen atoms in total. The number of carbonyl (C=O) groups excluding carboxylic acids is 9. The first kappa shape index (κ1) is 67.1. The maximum atomic E-state index is 14.5. The topological polar surface area (TPSA) is 488 Å². The van der Waals surface area contributed by atoms with Crippen LogP contribution in [0.15, 0.2) is 53.5 Å². The lowest BCUT2D eigenvalue weighted by molar-refractivity contribution is -0.143. The van der Waals surface area contributed by atoms with Gasteiger partial charge in [0.1, 0.15) is 65.9 Å². The molecule has 1 aliphatic rings. The Labute approximate surface area is 468 Å². The minimum atomic E-state index is -1.78. The molecule has 0 bridgehead atoms. The van der Waals surface area contributed by atoms with E-state index in [1.54, 1.807) is 13.8 Å². The highest BCUT2D eigenvalue weighted by atomic mass is 16.4. The van der Waals surface area contributed by atoms with E-state index in [9.17, 15) is 73.5 Å². The number of aliphatic carboxylic acids is 1. The van der Waals surface area contributed by atoms with Gasteiger partial charge in [0.15, 0.2) is 5.96 Å². The van der Waals surface area contributed by atoms with Crippen molar-refractivity contribution < 1.29 is 73.5 Å². The molecule has 0 saturated carbocycles. The molecule has 10 atom stereocenters. The monoisotopic (exact) mass is 1140 g/mol. The van der Waals surface area contributed by atoms with Gasteiger partial charge in [0.05, 0.1) is 19.8 Å². The summed E-state index contributed by atoms with van der Waals surface area (Å²) < 4.78 is 0. The van der Waals surface area contributed by atoms with E-state index in [-0.39, 0.29) is 88.6 Å². The molecule has 1 heterocycles. The van der Waals surface area contributed by atoms with Gasteiger partial charge in [-0.05, 0) is 99.7 Å². The van der Waals surface area contributed by atoms with Crippen molar-refractivity contribution in [1.82, 2.24) is 47.4 Å². The van der Waals surface area contributed by atoms with Crippen molar-refractivity contribution in [3.8, 4) is 11.5 Å². The number of carboxylic acid groups (broad SMARTS) is 1. The van der Waals surface area contributed by atoms with E-state index in [4.69, 9.17) is 22.9 Å². The van der Waals surface area contributed by atoms with Gasteiger partial charge in [-0.15, -0.1) is 0 Å². The molecule has 0 unspecified atom stereocenters. The van der Waals surface area contributed by atoms with Crippen molar-refractivity contribution in [1.29, 1.82) is 0 Å². The number of nitrogens with one attached hydrogen (secondary N) is 8. The van der Waals surface area contributed by atoms with Crippen molar-refractivity contribution >= 4 is 65.1 Å². The van der Waals surface area contributed by atoms with Crippen LogP contribution in [-0.4, -0.2) is 189 Å². The molecule has 0 aromatic heterocycles. The third-order valence-electron chi connectivity index (χ3n) is 13.4. The second-order valence-corrected chi connectivity index (χ2v) is 19.6. The predicted molar refractivity (Wildman–Crippen MR) is 293 cm³/mol. The van der Waals surface area contributed by atoms with Crippen molar-refractivity contribution in [2.24, 2.45) is 33.8 Å². The fourth-order valence-corrected chi connectivity index (χ4v) is 8.56. The van der Waals surface area contributed by atoms with Gasteiger partial charge in [-0.1, -0.05) is 44.5 Å². The number of rotatable bonds is 34. The number of aliphatic hydroxyl groups excluding tert-OH is 2. The van der Waals surface area contributed by atoms with Crippen molar-refractivity contribution in [2.45, 2.75) is 139 Å². The van der Waals surface area contributed by atoms with Crippen LogP contribution >= 0.6 is 0 Å². The highest BCUT2D eigenvalue weighted by Crippen LogP contribution is 2.20. The lowest BCUT2D eigenvalue weighted by Gasteiger charge is -2.30. The van der Waals surface area contributed by atoms with Crippen LogP contribution in [0.5, 0.6) is 11.5 Å². The molecule has 1 fully saturated rings. The Morgan fingerprint density at radius 1 is 0.617 bits per heavy atom. The van der Waals surface area contributed by atoms with Gasteiger partial charge in [-0.25, -0.2) is 4.79 Å². The zero-order valence-electron chi connectivity index (χ0n) is 45.7. The third-order valence-corrected chi connectivity index (χ3v) is 13.4. The quantitative estimate of drug-likeness (QED) is 0.0177. The van der Waals surface area contributed by atoms with Gasteiger partial charge >= 0.3 is 5.97 Å². The lowest BCUT2D eigenvalue weighted by Crippen LogP contribution is -2.62. The Morgan fingerprint density at radius 2 is 1.09 bits per heavy atom. The summed E-state index contributed by atoms with van der Waals surface area (Å²) in [7, 11) is 0. The molecule has 0 aliphatic carbocycles. The number of aromatic hydroxyl groups is 2. The van der Waals surface area contributed by atoms with Crippen molar-refractivity contribution in [2.75, 3.05) is 39.4 Å². The molecule has 1 saturated heterocycles. The molecule has 448 valence electrons. The fraction of sp³-hybridized carbons (Fsp3) is 0.558. The predicted octanol–water partition coefficient (Wildman–Crippen LogP) is -4.97. The van der Waals surface area contributed by atoms with E-state index in [2.05, 4.69) is 47.5 Å². The Morgan fingerprint density at radius 3 is 1.58 bits per heavy atom. The number of hydrogen-bond acceptors (Lipinski definition) is 17. The first-order chi connectivity index (χ1) is 38.5. The number of likely N-dealkylation sites (tertiary alicyclic amines) is 1. The maximum absolute atomic E-state index is 14.5. The number of phenols is 2. The standard InChI is InChI=1S/C52H80N14O15/c1-4-28(2)42(49(78)60-34(9-5-6-20-53)43(72)59-35(10-7-21-57-52(55)56)44(73)64-39(27-68)51(80)81)65-47(76)38(26-67)63-46(75)36(23-30-12-16-32(69)17-13-30)61-45(74)37(24-31-14-18-33(70)19-15-31)62-48(77)40-11-8-22-66(40)50(79)29(3)58-41(71)25-54/h12-19,28-29,34-40,42,67-70H,4-11,20-27,53-54H2,1-3H3,(H,58,71)(H,59,72)(H,60,78)(H,61,74)(H,62,77)(H,63,75)(H,64,73)(H,65,76)(H,80,81)(H4,55,56,57)/t28-,29-,34-,35-,36-,37-,38-,39-,40-,42-/m0/s1. The first-order valence-corrected chi connectivity index (χ1v) is 26.6. The zero-order chi connectivity index (χ0) is 60.3. The summed E-state index contributed by atoms with van der Waals surface area (Å²) in [5.41, 5.74) is 22.8. The summed E-state index contributed by atoms with van der Waals surface area (Å²) in [6, 6.07) is -1.48. The van der Waals surface area contributed by atoms with E-state index in [0.29, 0.717) is 30.4 Å². The Balaban J connectivity index is 1.93. The van der Waals surface area contributed by atoms with Crippen molar-refractivity contribution in [3.63, 3.8) is 0 Å². The summed E-state index contributed by atoms with van der Waals surface area (Å²) in [5.74, 6) is -10.3. The second-order valence-electron chi connectivity index (χ2n) is 19.6. The number of carbonyl (C=O) groups is 10. The number of nitrogens with two attached hydrogens (primary N) is 4. The van der Waals surface area contributed by atoms with Gasteiger partial charge in [-0.2, -0.15) is 0 Å². The normalized spacial score (nSPS) is 16.2. The molecule has 0 spiro atoms. The van der Waals surface area contributed by atoms with Gasteiger partial charge in [0.25, 0.3) is 0 Å². The number of phenolic OH excluding ortho intramolecular Hbond substituents is 2. The van der Waals surface area contributed by atoms with Crippen LogP contribution < -0.4 is 65.5 Å². The summed E-state index contributed by atoms with van der Waals surface area (Å²) in [5, 5.41) is 69.7. The summed E-state index contributed by atoms with van der Waals surface area (Å²) in [6.45, 7) is 2.79. The minimum Gasteiger partial charge on any atom is -0.508 e. The number of unbranched alkanes of at least 4 members (excludes halogenated alkanes) is 1. The van der Waals surface area contributed by atoms with E-state index < -0.39 is 133 Å². The van der Waals surface area contributed by atoms with E-state index in [1.807, 2.05) is 0 Å². The fourth-order valence-electron chi connectivity index (χ4n) is 8.56. The number of guanidine groups is 1. The number of aliphatic imine (C=N–C) groups is 1. The number of carboxylic acids is 1. The second kappa shape index (κ2) is 34.1. The van der Waals surface area contributed by atoms with E-state index in [1.165, 1.54) is 60.4 Å². The molecule has 3 rings (SSSR count). The van der Waals surface area contributed by atoms with Gasteiger partial charge in [0, 0.05) is 25.9 Å². The molecule has 9 amide bonds. The first-order valence-electron chi connectivity index (χ1n) is 26.6. The van der Waals surface area contributed by atoms with Crippen LogP contribution in [0.3, 0.4) is 0 Å². The highest BCUT2D eigenvalue weighted by Gasteiger charge is 2.39. The van der Waals surface area contributed by atoms with Crippen LogP contribution in [0.1, 0.15) is 83.3 Å². The largest absolute Gasteiger partial charge is 0.508 e. The number of amides is 9. The number of nitrogens with zero attached hydrogens (tertiary/aromatic N) is 2. The zero-order valence-corrected chi connectivity index (χ0v) is 45.7. The third kappa shape index (κ3) is 22.1. The lowest BCUT2D eigenvalue weighted by atomic mass is 9.97. The van der Waals surface area contributed by atoms with E-state index in [0.717, 1.165) is 0 Å². The number of aliphatic hydroxyl groups is 2. The number of hydrogen-bond donors (Lipinski definition) is 17. The van der Waals surface area contributed by atoms with Crippen molar-refractivity contribution in [3.05, 3.63) is 59.7 Å². The summed E-state index contributed by atoms with van der Waals surface area (Å²) in [4.78, 5) is 141. The Bertz CT molecular complexity index is 2480. The average molecular weight is 1140 g/mol. The van der Waals surface area contributed by atoms with Crippen LogP contribution in [0.4, 0.5) is 0 Å². The molecule has 0 radical (unpaired) electrons. The molecule has 2 aromatic rings. The molecule has 2 aromatic carbocycles. The summed E-state index contributed by atoms with van der Waals surface area (Å²) >= 11 is 0. The summed E-state index contributed by atoms with van der Waals surface area (Å²) in [6.07, 6.45) is 1.11. The molecular formula is C52H80N14O15. The average Bonchev–Trinajstić information content (AvgIpc) is 3.98. The maximum Gasteiger partial charge on any atom is 0.328 e. The van der Waals surface area contributed by atoms with E-state index >= 15 is 0 Å². The molecular weight excluding hydrogens is 1060 g/mol. The Hall–Kier alpha value is -8.15. The van der Waals surface area contributed by atoms with Gasteiger partial charge < -0.3 is 95.9 Å². The smallest absolute Gasteiger partial charge is 0.328 e. The molecule has 21 N–H and O–H groups in total. The van der Waals surface area contributed by atoms with Gasteiger partial charge in [-0.3, -0.25) is 48.1 Å². The van der Waals surface area contributed by atoms with Crippen LogP contribution in [-0.2, 0) is 60.8 Å². The van der Waals surface area contributed by atoms with Crippen LogP contribution in [0.2, 0.25) is 0 Å². The minimum absolute atomic E-state index is 0.0223. The highest BCUT2D eigenvalue weighted by molar-refractivity contribution is 5.99. The van der Waals surface area contributed by atoms with Crippen LogP contribution in [0, 0.1) is 5.92 Å². The van der Waals surface area contributed by atoms with Crippen LogP contribution in [0.25, 0.3) is 0 Å². The molecule has 1 aliphatic heterocycles. The SMILES string of the molecule is CC[C@H](C)[C@H](NC(=O)[C@H](CO)NC(=O)[C@H](Cc1ccc(O)cc1)NC(=O)[C@H](Cc1ccc(O)cc1)NC(=O)[C@@H]1CCCN1C(=O)[C@H](C)NC(=O)CN)C(=O)N[C@@H](CCCCN)C(=O)N[C@@H](CCCN=C(N)N)C(=O)N[C@@H](CO)C(=O)O. The Kier molecular flexibility index (Phi) is 28.3.